The van der Waals surface area contributed by atoms with E-state index in [9.17, 15) is 0 Å². The predicted octanol–water partition coefficient (Wildman–Crippen LogP) is 6.41. The van der Waals surface area contributed by atoms with Crippen LogP contribution in [0.25, 0.3) is 43.8 Å². The Morgan fingerprint density at radius 3 is 2.09 bits per heavy atom. The van der Waals surface area contributed by atoms with Gasteiger partial charge in [-0.3, -0.25) is 0 Å². The fourth-order valence-electron chi connectivity index (χ4n) is 3.37. The van der Waals surface area contributed by atoms with Crippen molar-refractivity contribution < 1.29 is 4.42 Å². The highest BCUT2D eigenvalue weighted by molar-refractivity contribution is 6.08. The second kappa shape index (κ2) is 4.72. The maximum Gasteiger partial charge on any atom is 0.136 e. The third kappa shape index (κ3) is 1.87. The molecule has 108 valence electrons. The minimum Gasteiger partial charge on any atom is -0.456 e. The summed E-state index contributed by atoms with van der Waals surface area (Å²) in [7, 11) is 0. The Bertz CT molecular complexity index is 1160. The smallest absolute Gasteiger partial charge is 0.136 e. The molecule has 0 aliphatic heterocycles. The van der Waals surface area contributed by atoms with Gasteiger partial charge in [-0.05, 0) is 33.7 Å². The summed E-state index contributed by atoms with van der Waals surface area (Å²) in [4.78, 5) is 0. The zero-order valence-corrected chi connectivity index (χ0v) is 12.5. The van der Waals surface area contributed by atoms with Crippen LogP contribution in [0.3, 0.4) is 0 Å². The molecule has 0 saturated carbocycles. The van der Waals surface area contributed by atoms with Crippen molar-refractivity contribution in [2.75, 3.05) is 0 Å². The highest BCUT2D eigenvalue weighted by atomic mass is 16.3. The van der Waals surface area contributed by atoms with Crippen LogP contribution in [0.4, 0.5) is 0 Å². The molecule has 0 saturated heterocycles. The van der Waals surface area contributed by atoms with Crippen molar-refractivity contribution in [1.29, 1.82) is 0 Å². The van der Waals surface area contributed by atoms with Crippen LogP contribution in [0, 0.1) is 0 Å². The van der Waals surface area contributed by atoms with Gasteiger partial charge >= 0.3 is 0 Å². The summed E-state index contributed by atoms with van der Waals surface area (Å²) in [6.07, 6.45) is 0. The van der Waals surface area contributed by atoms with Crippen LogP contribution < -0.4 is 0 Å². The van der Waals surface area contributed by atoms with Crippen LogP contribution >= 0.6 is 0 Å². The SMILES string of the molecule is c1ccc2c(-c3cc4c(ccc5ccccc54)o3)cccc2c1. The number of hydrogen-bond acceptors (Lipinski definition) is 1. The van der Waals surface area contributed by atoms with Gasteiger partial charge in [-0.1, -0.05) is 72.8 Å². The molecule has 23 heavy (non-hydrogen) atoms. The Labute approximate surface area is 133 Å². The van der Waals surface area contributed by atoms with Crippen LogP contribution in [0.5, 0.6) is 0 Å². The molecule has 0 bridgehead atoms. The maximum atomic E-state index is 6.17. The van der Waals surface area contributed by atoms with Crippen molar-refractivity contribution in [1.82, 2.24) is 0 Å². The Balaban J connectivity index is 1.84. The topological polar surface area (TPSA) is 13.1 Å². The number of furan rings is 1. The molecule has 1 heterocycles. The van der Waals surface area contributed by atoms with Gasteiger partial charge in [0.1, 0.15) is 11.3 Å². The second-order valence-corrected chi connectivity index (χ2v) is 5.84. The monoisotopic (exact) mass is 294 g/mol. The first-order chi connectivity index (χ1) is 11.4. The molecule has 0 spiro atoms. The molecule has 0 aliphatic carbocycles. The number of fused-ring (bicyclic) bond motifs is 4. The van der Waals surface area contributed by atoms with Gasteiger partial charge in [0, 0.05) is 10.9 Å². The second-order valence-electron chi connectivity index (χ2n) is 5.84. The summed E-state index contributed by atoms with van der Waals surface area (Å²) in [6.45, 7) is 0. The molecule has 1 aromatic heterocycles. The Morgan fingerprint density at radius 2 is 1.22 bits per heavy atom. The van der Waals surface area contributed by atoms with E-state index < -0.39 is 0 Å². The highest BCUT2D eigenvalue weighted by Gasteiger charge is 2.11. The zero-order chi connectivity index (χ0) is 15.2. The van der Waals surface area contributed by atoms with E-state index in [2.05, 4.69) is 84.9 Å². The van der Waals surface area contributed by atoms with Gasteiger partial charge in [-0.25, -0.2) is 0 Å². The minimum atomic E-state index is 0.924. The lowest BCUT2D eigenvalue weighted by Crippen LogP contribution is -1.77. The third-order valence-corrected chi connectivity index (χ3v) is 4.48. The van der Waals surface area contributed by atoms with Gasteiger partial charge in [0.15, 0.2) is 0 Å². The minimum absolute atomic E-state index is 0.924. The molecule has 5 aromatic rings. The van der Waals surface area contributed by atoms with Crippen molar-refractivity contribution in [3.63, 3.8) is 0 Å². The van der Waals surface area contributed by atoms with Crippen LogP contribution in [0.1, 0.15) is 0 Å². The first-order valence-electron chi connectivity index (χ1n) is 7.79. The van der Waals surface area contributed by atoms with Crippen molar-refractivity contribution >= 4 is 32.5 Å². The van der Waals surface area contributed by atoms with Crippen molar-refractivity contribution in [3.8, 4) is 11.3 Å². The summed E-state index contributed by atoms with van der Waals surface area (Å²) >= 11 is 0. The predicted molar refractivity (Wildman–Crippen MR) is 96.7 cm³/mol. The summed E-state index contributed by atoms with van der Waals surface area (Å²) in [5.74, 6) is 0.924. The van der Waals surface area contributed by atoms with E-state index >= 15 is 0 Å². The van der Waals surface area contributed by atoms with Gasteiger partial charge in [-0.15, -0.1) is 0 Å². The molecule has 0 atom stereocenters. The van der Waals surface area contributed by atoms with E-state index in [1.54, 1.807) is 0 Å². The fourth-order valence-corrected chi connectivity index (χ4v) is 3.37. The summed E-state index contributed by atoms with van der Waals surface area (Å²) in [6, 6.07) is 29.6. The summed E-state index contributed by atoms with van der Waals surface area (Å²) in [5, 5.41) is 6.10. The van der Waals surface area contributed by atoms with Gasteiger partial charge < -0.3 is 4.42 Å². The maximum absolute atomic E-state index is 6.17. The van der Waals surface area contributed by atoms with Gasteiger partial charge in [0.05, 0.1) is 0 Å². The molecule has 0 aliphatic rings. The Kier molecular flexibility index (Phi) is 2.56. The third-order valence-electron chi connectivity index (χ3n) is 4.48. The molecular formula is C22H14O. The standard InChI is InChI=1S/C22H14O/c1-3-9-17-15(6-1)8-5-11-19(17)22-14-20-18-10-4-2-7-16(18)12-13-21(20)23-22/h1-14H. The van der Waals surface area contributed by atoms with E-state index in [0.29, 0.717) is 0 Å². The van der Waals surface area contributed by atoms with Crippen LogP contribution in [0.15, 0.2) is 89.3 Å². The van der Waals surface area contributed by atoms with Crippen LogP contribution in [-0.2, 0) is 0 Å². The van der Waals surface area contributed by atoms with E-state index in [4.69, 9.17) is 4.42 Å². The molecule has 1 nitrogen and oxygen atoms in total. The highest BCUT2D eigenvalue weighted by Crippen LogP contribution is 2.35. The van der Waals surface area contributed by atoms with Crippen molar-refractivity contribution in [2.24, 2.45) is 0 Å². The average molecular weight is 294 g/mol. The van der Waals surface area contributed by atoms with Crippen molar-refractivity contribution in [2.45, 2.75) is 0 Å². The van der Waals surface area contributed by atoms with Gasteiger partial charge in [0.25, 0.3) is 0 Å². The number of hydrogen-bond donors (Lipinski definition) is 0. The zero-order valence-electron chi connectivity index (χ0n) is 12.5. The van der Waals surface area contributed by atoms with E-state index in [-0.39, 0.29) is 0 Å². The number of rotatable bonds is 1. The molecular weight excluding hydrogens is 280 g/mol. The molecule has 0 unspecified atom stereocenters. The molecule has 0 amide bonds. The van der Waals surface area contributed by atoms with Crippen molar-refractivity contribution in [3.05, 3.63) is 84.9 Å². The number of benzene rings is 4. The lowest BCUT2D eigenvalue weighted by atomic mass is 10.0. The first-order valence-corrected chi connectivity index (χ1v) is 7.79. The summed E-state index contributed by atoms with van der Waals surface area (Å²) in [5.41, 5.74) is 2.08. The van der Waals surface area contributed by atoms with E-state index in [0.717, 1.165) is 16.9 Å². The van der Waals surface area contributed by atoms with Crippen LogP contribution in [0.2, 0.25) is 0 Å². The van der Waals surface area contributed by atoms with Gasteiger partial charge in [0.2, 0.25) is 0 Å². The lowest BCUT2D eigenvalue weighted by Gasteiger charge is -2.03. The Morgan fingerprint density at radius 1 is 0.522 bits per heavy atom. The quantitative estimate of drug-likeness (QED) is 0.348. The molecule has 4 aromatic carbocycles. The molecule has 0 fully saturated rings. The normalized spacial score (nSPS) is 11.5. The molecule has 0 N–H and O–H groups in total. The lowest BCUT2D eigenvalue weighted by molar-refractivity contribution is 0.632. The summed E-state index contributed by atoms with van der Waals surface area (Å²) < 4.78 is 6.17. The first kappa shape index (κ1) is 12.5. The van der Waals surface area contributed by atoms with E-state index in [1.807, 2.05) is 0 Å². The largest absolute Gasteiger partial charge is 0.456 e. The van der Waals surface area contributed by atoms with Gasteiger partial charge in [-0.2, -0.15) is 0 Å². The van der Waals surface area contributed by atoms with Crippen LogP contribution in [-0.4, -0.2) is 0 Å². The molecule has 1 heteroatoms. The fraction of sp³-hybridized carbons (Fsp3) is 0. The average Bonchev–Trinajstić information content (AvgIpc) is 3.06. The Hall–Kier alpha value is -3.06. The van der Waals surface area contributed by atoms with E-state index in [1.165, 1.54) is 26.9 Å². The molecule has 0 radical (unpaired) electrons. The molecule has 5 rings (SSSR count).